The topological polar surface area (TPSA) is 57.5 Å². The van der Waals surface area contributed by atoms with Gasteiger partial charge >= 0.3 is 7.60 Å². The third-order valence-electron chi connectivity index (χ3n) is 0.998. The van der Waals surface area contributed by atoms with Gasteiger partial charge in [-0.1, -0.05) is 13.8 Å². The lowest BCUT2D eigenvalue weighted by Gasteiger charge is -2.04. The zero-order valence-electron chi connectivity index (χ0n) is 5.74. The van der Waals surface area contributed by atoms with Crippen molar-refractivity contribution in [2.45, 2.75) is 20.3 Å². The van der Waals surface area contributed by atoms with Crippen molar-refractivity contribution >= 4 is 7.60 Å². The van der Waals surface area contributed by atoms with Gasteiger partial charge in [0, 0.05) is 0 Å². The molecule has 0 rings (SSSR count). The van der Waals surface area contributed by atoms with Gasteiger partial charge in [0.05, 0.1) is 6.16 Å². The van der Waals surface area contributed by atoms with Crippen LogP contribution >= 0.6 is 7.60 Å². The van der Waals surface area contributed by atoms with Crippen molar-refractivity contribution in [1.29, 1.82) is 0 Å². The number of rotatable bonds is 3. The Morgan fingerprint density at radius 3 is 2.00 bits per heavy atom. The Kier molecular flexibility index (Phi) is 3.41. The molecule has 3 nitrogen and oxygen atoms in total. The van der Waals surface area contributed by atoms with E-state index >= 15 is 0 Å². The fourth-order valence-electron chi connectivity index (χ4n) is 0.426. The van der Waals surface area contributed by atoms with E-state index in [9.17, 15) is 4.57 Å². The minimum Gasteiger partial charge on any atom is -0.324 e. The van der Waals surface area contributed by atoms with Crippen molar-refractivity contribution in [1.82, 2.24) is 0 Å². The molecule has 0 radical (unpaired) electrons. The monoisotopic (exact) mass is 152 g/mol. The van der Waals surface area contributed by atoms with Crippen LogP contribution in [0.5, 0.6) is 0 Å². The molecular weight excluding hydrogens is 139 g/mol. The fourth-order valence-corrected chi connectivity index (χ4v) is 1.28. The lowest BCUT2D eigenvalue weighted by molar-refractivity contribution is 0.368. The predicted octanol–water partition coefficient (Wildman–Crippen LogP) is 1.21. The van der Waals surface area contributed by atoms with Crippen molar-refractivity contribution in [3.63, 3.8) is 0 Å². The smallest absolute Gasteiger partial charge is 0.324 e. The molecule has 0 aromatic heterocycles. The molecule has 0 amide bonds. The molecule has 0 bridgehead atoms. The molecule has 0 aliphatic rings. The number of hydrogen-bond donors (Lipinski definition) is 2. The normalized spacial score (nSPS) is 12.6. The van der Waals surface area contributed by atoms with E-state index in [1.54, 1.807) is 0 Å². The maximum Gasteiger partial charge on any atom is 0.325 e. The highest BCUT2D eigenvalue weighted by molar-refractivity contribution is 7.51. The fraction of sp³-hybridized carbons (Fsp3) is 1.00. The van der Waals surface area contributed by atoms with Crippen molar-refractivity contribution in [2.75, 3.05) is 6.16 Å². The maximum absolute atomic E-state index is 10.2. The summed E-state index contributed by atoms with van der Waals surface area (Å²) in [5.41, 5.74) is 0. The minimum absolute atomic E-state index is 0.0185. The lowest BCUT2D eigenvalue weighted by atomic mass is 10.2. The first-order valence-corrected chi connectivity index (χ1v) is 4.76. The Bertz CT molecular complexity index is 115. The van der Waals surface area contributed by atoms with E-state index in [1.165, 1.54) is 0 Å². The first-order chi connectivity index (χ1) is 3.92. The molecule has 0 saturated carbocycles. The largest absolute Gasteiger partial charge is 0.325 e. The van der Waals surface area contributed by atoms with E-state index in [-0.39, 0.29) is 6.16 Å². The second kappa shape index (κ2) is 3.35. The van der Waals surface area contributed by atoms with Gasteiger partial charge in [0.15, 0.2) is 0 Å². The first kappa shape index (κ1) is 9.15. The lowest BCUT2D eigenvalue weighted by Crippen LogP contribution is -1.93. The summed E-state index contributed by atoms with van der Waals surface area (Å²) in [6.45, 7) is 3.88. The van der Waals surface area contributed by atoms with Crippen molar-refractivity contribution in [2.24, 2.45) is 5.92 Å². The van der Waals surface area contributed by atoms with Crippen LogP contribution in [0.4, 0.5) is 0 Å². The molecule has 0 unspecified atom stereocenters. The average Bonchev–Trinajstić information content (AvgIpc) is 1.59. The van der Waals surface area contributed by atoms with Crippen LogP contribution in [0.3, 0.4) is 0 Å². The molecular formula is C5H13O3P. The molecule has 0 fully saturated rings. The third kappa shape index (κ3) is 8.15. The van der Waals surface area contributed by atoms with Gasteiger partial charge in [-0.3, -0.25) is 4.57 Å². The highest BCUT2D eigenvalue weighted by Gasteiger charge is 2.12. The van der Waals surface area contributed by atoms with Crippen molar-refractivity contribution < 1.29 is 14.4 Å². The van der Waals surface area contributed by atoms with Crippen LogP contribution in [-0.4, -0.2) is 15.9 Å². The van der Waals surface area contributed by atoms with Gasteiger partial charge < -0.3 is 9.79 Å². The van der Waals surface area contributed by atoms with Gasteiger partial charge in [0.25, 0.3) is 0 Å². The van der Waals surface area contributed by atoms with Crippen LogP contribution in [0.25, 0.3) is 0 Å². The van der Waals surface area contributed by atoms with E-state index in [2.05, 4.69) is 0 Å². The third-order valence-corrected chi connectivity index (χ3v) is 1.84. The van der Waals surface area contributed by atoms with Crippen LogP contribution in [0.1, 0.15) is 20.3 Å². The maximum atomic E-state index is 10.2. The molecule has 0 aliphatic heterocycles. The van der Waals surface area contributed by atoms with Crippen LogP contribution in [0, 0.1) is 5.92 Å². The Morgan fingerprint density at radius 1 is 1.44 bits per heavy atom. The molecule has 0 aromatic carbocycles. The summed E-state index contributed by atoms with van der Waals surface area (Å²) in [7, 11) is -3.72. The molecule has 0 aromatic rings. The Labute approximate surface area is 55.3 Å². The minimum atomic E-state index is -3.72. The van der Waals surface area contributed by atoms with Crippen LogP contribution in [-0.2, 0) is 4.57 Å². The van der Waals surface area contributed by atoms with Gasteiger partial charge in [0.1, 0.15) is 0 Å². The molecule has 0 spiro atoms. The van der Waals surface area contributed by atoms with Crippen molar-refractivity contribution in [3.05, 3.63) is 0 Å². The van der Waals surface area contributed by atoms with E-state index in [0.717, 1.165) is 0 Å². The standard InChI is InChI=1S/C5H13O3P/c1-5(2)3-4-9(6,7)8/h5H,3-4H2,1-2H3,(H2,6,7,8). The van der Waals surface area contributed by atoms with Gasteiger partial charge in [0.2, 0.25) is 0 Å². The van der Waals surface area contributed by atoms with Crippen LogP contribution < -0.4 is 0 Å². The molecule has 0 saturated heterocycles. The Hall–Kier alpha value is 0.150. The summed E-state index contributed by atoms with van der Waals surface area (Å²) in [4.78, 5) is 16.8. The van der Waals surface area contributed by atoms with E-state index in [0.29, 0.717) is 12.3 Å². The molecule has 56 valence electrons. The first-order valence-electron chi connectivity index (χ1n) is 2.96. The van der Waals surface area contributed by atoms with E-state index in [4.69, 9.17) is 9.79 Å². The van der Waals surface area contributed by atoms with Gasteiger partial charge in [-0.2, -0.15) is 0 Å². The average molecular weight is 152 g/mol. The van der Waals surface area contributed by atoms with Crippen LogP contribution in [0.15, 0.2) is 0 Å². The molecule has 0 heterocycles. The van der Waals surface area contributed by atoms with E-state index < -0.39 is 7.60 Å². The van der Waals surface area contributed by atoms with E-state index in [1.807, 2.05) is 13.8 Å². The highest BCUT2D eigenvalue weighted by Crippen LogP contribution is 2.35. The van der Waals surface area contributed by atoms with Crippen molar-refractivity contribution in [3.8, 4) is 0 Å². The van der Waals surface area contributed by atoms with Gasteiger partial charge in [-0.05, 0) is 12.3 Å². The highest BCUT2D eigenvalue weighted by atomic mass is 31.2. The molecule has 2 N–H and O–H groups in total. The summed E-state index contributed by atoms with van der Waals surface area (Å²) in [6.07, 6.45) is 0.620. The summed E-state index contributed by atoms with van der Waals surface area (Å²) in [5, 5.41) is 0. The Morgan fingerprint density at radius 2 is 1.89 bits per heavy atom. The summed E-state index contributed by atoms with van der Waals surface area (Å²) >= 11 is 0. The SMILES string of the molecule is CC(C)CCP(=O)(O)O. The second-order valence-corrected chi connectivity index (χ2v) is 4.35. The Balaban J connectivity index is 3.40. The molecule has 4 heteroatoms. The zero-order valence-corrected chi connectivity index (χ0v) is 6.64. The quantitative estimate of drug-likeness (QED) is 0.597. The number of hydrogen-bond acceptors (Lipinski definition) is 1. The summed E-state index contributed by atoms with van der Waals surface area (Å²) in [6, 6.07) is 0. The zero-order chi connectivity index (χ0) is 7.49. The molecule has 9 heavy (non-hydrogen) atoms. The summed E-state index contributed by atoms with van der Waals surface area (Å²) < 4.78 is 10.2. The summed E-state index contributed by atoms with van der Waals surface area (Å²) in [5.74, 6) is 0.373. The van der Waals surface area contributed by atoms with Crippen LogP contribution in [0.2, 0.25) is 0 Å². The van der Waals surface area contributed by atoms with Gasteiger partial charge in [-0.15, -0.1) is 0 Å². The van der Waals surface area contributed by atoms with Gasteiger partial charge in [-0.25, -0.2) is 0 Å². The molecule has 0 aliphatic carbocycles. The molecule has 0 atom stereocenters. The predicted molar refractivity (Wildman–Crippen MR) is 36.4 cm³/mol. The second-order valence-electron chi connectivity index (χ2n) is 2.57.